The number of benzene rings is 2. The quantitative estimate of drug-likeness (QED) is 0.799. The second kappa shape index (κ2) is 6.43. The first-order chi connectivity index (χ1) is 12.2. The summed E-state index contributed by atoms with van der Waals surface area (Å²) in [5.74, 6) is 0.469. The Hall–Kier alpha value is -3.08. The van der Waals surface area contributed by atoms with Crippen LogP contribution >= 0.6 is 0 Å². The highest BCUT2D eigenvalue weighted by molar-refractivity contribution is 5.71. The van der Waals surface area contributed by atoms with E-state index in [1.54, 1.807) is 10.9 Å². The highest BCUT2D eigenvalue weighted by atomic mass is 16.6. The number of fused-ring (bicyclic) bond motifs is 1. The van der Waals surface area contributed by atoms with Crippen LogP contribution in [0.25, 0.3) is 5.69 Å². The summed E-state index contributed by atoms with van der Waals surface area (Å²) in [5.41, 5.74) is 4.30. The molecule has 0 spiro atoms. The van der Waals surface area contributed by atoms with Crippen molar-refractivity contribution in [3.63, 3.8) is 0 Å². The number of ether oxygens (including phenoxy) is 1. The fourth-order valence-corrected chi connectivity index (χ4v) is 3.28. The zero-order chi connectivity index (χ0) is 17.2. The minimum Gasteiger partial charge on any atom is -0.407 e. The molecule has 0 bridgehead atoms. The maximum Gasteiger partial charge on any atom is 0.412 e. The highest BCUT2D eigenvalue weighted by Crippen LogP contribution is 2.23. The van der Waals surface area contributed by atoms with Crippen molar-refractivity contribution < 1.29 is 9.53 Å². The lowest BCUT2D eigenvalue weighted by Crippen LogP contribution is -2.37. The van der Waals surface area contributed by atoms with Gasteiger partial charge in [0, 0.05) is 6.04 Å². The van der Waals surface area contributed by atoms with Crippen LogP contribution in [-0.2, 0) is 12.8 Å². The molecule has 3 aromatic rings. The first kappa shape index (κ1) is 15.4. The second-order valence-corrected chi connectivity index (χ2v) is 6.25. The number of rotatable bonds is 3. The lowest BCUT2D eigenvalue weighted by atomic mass is 10.1. The Labute approximate surface area is 146 Å². The summed E-state index contributed by atoms with van der Waals surface area (Å²) < 4.78 is 7.23. The molecule has 0 fully saturated rings. The Morgan fingerprint density at radius 2 is 1.72 bits per heavy atom. The van der Waals surface area contributed by atoms with Gasteiger partial charge in [-0.1, -0.05) is 42.5 Å². The number of aromatic nitrogens is 2. The average molecular weight is 333 g/mol. The molecule has 0 unspecified atom stereocenters. The summed E-state index contributed by atoms with van der Waals surface area (Å²) in [6, 6.07) is 18.1. The summed E-state index contributed by atoms with van der Waals surface area (Å²) in [7, 11) is 0. The van der Waals surface area contributed by atoms with Crippen molar-refractivity contribution in [3.8, 4) is 11.4 Å². The summed E-state index contributed by atoms with van der Waals surface area (Å²) in [5, 5.41) is 7.27. The van der Waals surface area contributed by atoms with E-state index in [1.807, 2.05) is 49.4 Å². The normalized spacial score (nSPS) is 13.5. The van der Waals surface area contributed by atoms with E-state index in [1.165, 1.54) is 11.1 Å². The van der Waals surface area contributed by atoms with Crippen LogP contribution in [0.4, 0.5) is 4.79 Å². The maximum atomic E-state index is 12.2. The van der Waals surface area contributed by atoms with Gasteiger partial charge in [-0.15, -0.1) is 0 Å². The molecule has 1 aromatic heterocycles. The number of hydrogen-bond donors (Lipinski definition) is 1. The van der Waals surface area contributed by atoms with E-state index in [4.69, 9.17) is 4.74 Å². The van der Waals surface area contributed by atoms with Gasteiger partial charge in [0.2, 0.25) is 0 Å². The van der Waals surface area contributed by atoms with Gasteiger partial charge in [-0.3, -0.25) is 0 Å². The van der Waals surface area contributed by atoms with Gasteiger partial charge in [0.15, 0.2) is 5.75 Å². The molecule has 2 aromatic carbocycles. The third-order valence-corrected chi connectivity index (χ3v) is 4.54. The van der Waals surface area contributed by atoms with Gasteiger partial charge < -0.3 is 10.1 Å². The Morgan fingerprint density at radius 3 is 2.40 bits per heavy atom. The maximum absolute atomic E-state index is 12.2. The van der Waals surface area contributed by atoms with E-state index in [2.05, 4.69) is 22.5 Å². The zero-order valence-corrected chi connectivity index (χ0v) is 14.0. The standard InChI is InChI=1S/C20H19N3O2/c1-14-19(13-21-23(14)18-9-3-2-4-10-18)25-20(24)22-17-11-15-7-5-6-8-16(15)12-17/h2-10,13,17H,11-12H2,1H3,(H,22,24). The fourth-order valence-electron chi connectivity index (χ4n) is 3.28. The van der Waals surface area contributed by atoms with Crippen molar-refractivity contribution in [2.75, 3.05) is 0 Å². The van der Waals surface area contributed by atoms with E-state index >= 15 is 0 Å². The van der Waals surface area contributed by atoms with Crippen LogP contribution < -0.4 is 10.1 Å². The molecule has 0 radical (unpaired) electrons. The van der Waals surface area contributed by atoms with Gasteiger partial charge >= 0.3 is 6.09 Å². The molecule has 1 amide bonds. The van der Waals surface area contributed by atoms with Crippen molar-refractivity contribution in [1.29, 1.82) is 0 Å². The smallest absolute Gasteiger partial charge is 0.407 e. The number of nitrogens with one attached hydrogen (secondary N) is 1. The Kier molecular flexibility index (Phi) is 3.98. The SMILES string of the molecule is Cc1c(OC(=O)NC2Cc3ccccc3C2)cnn1-c1ccccc1. The van der Waals surface area contributed by atoms with E-state index in [9.17, 15) is 4.79 Å². The first-order valence-electron chi connectivity index (χ1n) is 8.36. The average Bonchev–Trinajstić information content (AvgIpc) is 3.19. The van der Waals surface area contributed by atoms with Crippen molar-refractivity contribution >= 4 is 6.09 Å². The van der Waals surface area contributed by atoms with Crippen LogP contribution in [0.5, 0.6) is 5.75 Å². The van der Waals surface area contributed by atoms with Crippen molar-refractivity contribution in [1.82, 2.24) is 15.1 Å². The molecule has 1 aliphatic carbocycles. The molecular formula is C20H19N3O2. The number of amides is 1. The van der Waals surface area contributed by atoms with Gasteiger partial charge in [-0.05, 0) is 43.0 Å². The van der Waals surface area contributed by atoms with Crippen LogP contribution in [0.3, 0.4) is 0 Å². The Bertz CT molecular complexity index is 877. The van der Waals surface area contributed by atoms with Crippen molar-refractivity contribution in [3.05, 3.63) is 77.6 Å². The minimum absolute atomic E-state index is 0.0781. The van der Waals surface area contributed by atoms with Gasteiger partial charge in [0.25, 0.3) is 0 Å². The van der Waals surface area contributed by atoms with Crippen molar-refractivity contribution in [2.45, 2.75) is 25.8 Å². The molecule has 0 atom stereocenters. The number of carbonyl (C=O) groups is 1. The molecule has 5 heteroatoms. The summed E-state index contributed by atoms with van der Waals surface area (Å²) in [6.07, 6.45) is 2.82. The summed E-state index contributed by atoms with van der Waals surface area (Å²) in [4.78, 5) is 12.2. The van der Waals surface area contributed by atoms with E-state index in [0.29, 0.717) is 5.75 Å². The number of nitrogens with zero attached hydrogens (tertiary/aromatic N) is 2. The molecule has 0 saturated heterocycles. The topological polar surface area (TPSA) is 56.1 Å². The van der Waals surface area contributed by atoms with Crippen LogP contribution in [-0.4, -0.2) is 21.9 Å². The Balaban J connectivity index is 1.42. The number of carbonyl (C=O) groups excluding carboxylic acids is 1. The lowest BCUT2D eigenvalue weighted by Gasteiger charge is -2.12. The summed E-state index contributed by atoms with van der Waals surface area (Å²) in [6.45, 7) is 1.88. The molecular weight excluding hydrogens is 314 g/mol. The van der Waals surface area contributed by atoms with Gasteiger partial charge in [-0.2, -0.15) is 5.10 Å². The highest BCUT2D eigenvalue weighted by Gasteiger charge is 2.23. The molecule has 1 heterocycles. The largest absolute Gasteiger partial charge is 0.412 e. The molecule has 1 N–H and O–H groups in total. The molecule has 4 rings (SSSR count). The van der Waals surface area contributed by atoms with E-state index < -0.39 is 6.09 Å². The second-order valence-electron chi connectivity index (χ2n) is 6.25. The monoisotopic (exact) mass is 333 g/mol. The van der Waals surface area contributed by atoms with Crippen LogP contribution in [0.2, 0.25) is 0 Å². The predicted octanol–water partition coefficient (Wildman–Crippen LogP) is 3.44. The van der Waals surface area contributed by atoms with Gasteiger partial charge in [0.05, 0.1) is 17.6 Å². The van der Waals surface area contributed by atoms with Gasteiger partial charge in [0.1, 0.15) is 0 Å². The molecule has 5 nitrogen and oxygen atoms in total. The zero-order valence-electron chi connectivity index (χ0n) is 14.0. The van der Waals surface area contributed by atoms with Crippen LogP contribution in [0.1, 0.15) is 16.8 Å². The molecule has 0 saturated carbocycles. The van der Waals surface area contributed by atoms with E-state index in [-0.39, 0.29) is 6.04 Å². The minimum atomic E-state index is -0.437. The van der Waals surface area contributed by atoms with Gasteiger partial charge in [-0.25, -0.2) is 9.48 Å². The predicted molar refractivity (Wildman–Crippen MR) is 95.1 cm³/mol. The summed E-state index contributed by atoms with van der Waals surface area (Å²) >= 11 is 0. The Morgan fingerprint density at radius 1 is 1.08 bits per heavy atom. The lowest BCUT2D eigenvalue weighted by molar-refractivity contribution is 0.196. The first-order valence-corrected chi connectivity index (χ1v) is 8.36. The molecule has 126 valence electrons. The third kappa shape index (κ3) is 3.13. The number of para-hydroxylation sites is 1. The van der Waals surface area contributed by atoms with E-state index in [0.717, 1.165) is 24.2 Å². The van der Waals surface area contributed by atoms with Crippen molar-refractivity contribution in [2.24, 2.45) is 0 Å². The van der Waals surface area contributed by atoms with Crippen LogP contribution in [0, 0.1) is 6.92 Å². The van der Waals surface area contributed by atoms with Crippen LogP contribution in [0.15, 0.2) is 60.8 Å². The molecule has 0 aliphatic heterocycles. The molecule has 1 aliphatic rings. The number of hydrogen-bond acceptors (Lipinski definition) is 3. The fraction of sp³-hybridized carbons (Fsp3) is 0.200. The molecule has 25 heavy (non-hydrogen) atoms. The third-order valence-electron chi connectivity index (χ3n) is 4.54.